The number of amides is 1. The van der Waals surface area contributed by atoms with Crippen LogP contribution in [-0.2, 0) is 11.3 Å². The largest absolute Gasteiger partial charge is 0.300 e. The summed E-state index contributed by atoms with van der Waals surface area (Å²) in [5, 5.41) is 20.3. The Morgan fingerprint density at radius 2 is 2.04 bits per heavy atom. The molecule has 2 heterocycles. The molecule has 0 saturated heterocycles. The first kappa shape index (κ1) is 16.2. The SMILES string of the molecule is CC(C)c1nnc(NC(=O)CCn2nnc3ccccc3c2=O)s1. The minimum Gasteiger partial charge on any atom is -0.300 e. The van der Waals surface area contributed by atoms with E-state index < -0.39 is 0 Å². The van der Waals surface area contributed by atoms with Gasteiger partial charge in [0.05, 0.1) is 11.9 Å². The monoisotopic (exact) mass is 344 g/mol. The lowest BCUT2D eigenvalue weighted by Crippen LogP contribution is -2.26. The van der Waals surface area contributed by atoms with Crippen molar-refractivity contribution in [2.24, 2.45) is 0 Å². The highest BCUT2D eigenvalue weighted by Crippen LogP contribution is 2.22. The molecule has 0 saturated carbocycles. The van der Waals surface area contributed by atoms with Crippen molar-refractivity contribution in [3.63, 3.8) is 0 Å². The first-order valence-electron chi connectivity index (χ1n) is 7.50. The molecular formula is C15H16N6O2S. The molecule has 3 aromatic rings. The fourth-order valence-corrected chi connectivity index (χ4v) is 2.84. The van der Waals surface area contributed by atoms with Gasteiger partial charge in [0.25, 0.3) is 5.56 Å². The third kappa shape index (κ3) is 3.46. The van der Waals surface area contributed by atoms with Gasteiger partial charge in [-0.2, -0.15) is 0 Å². The van der Waals surface area contributed by atoms with E-state index in [2.05, 4.69) is 25.8 Å². The average Bonchev–Trinajstić information content (AvgIpc) is 3.03. The van der Waals surface area contributed by atoms with Gasteiger partial charge in [-0.1, -0.05) is 42.5 Å². The van der Waals surface area contributed by atoms with Crippen LogP contribution >= 0.6 is 11.3 Å². The highest BCUT2D eigenvalue weighted by Gasteiger charge is 2.11. The number of rotatable bonds is 5. The first-order chi connectivity index (χ1) is 11.5. The second kappa shape index (κ2) is 6.83. The lowest BCUT2D eigenvalue weighted by Gasteiger charge is -2.04. The number of carbonyl (C=O) groups is 1. The minimum absolute atomic E-state index is 0.101. The molecule has 0 aliphatic heterocycles. The van der Waals surface area contributed by atoms with Gasteiger partial charge in [-0.3, -0.25) is 9.59 Å². The van der Waals surface area contributed by atoms with E-state index in [1.165, 1.54) is 16.0 Å². The van der Waals surface area contributed by atoms with Gasteiger partial charge < -0.3 is 5.32 Å². The summed E-state index contributed by atoms with van der Waals surface area (Å²) in [4.78, 5) is 24.3. The van der Waals surface area contributed by atoms with Crippen LogP contribution in [0.25, 0.3) is 10.9 Å². The highest BCUT2D eigenvalue weighted by molar-refractivity contribution is 7.15. The van der Waals surface area contributed by atoms with E-state index in [0.717, 1.165) is 5.01 Å². The number of nitrogens with zero attached hydrogens (tertiary/aromatic N) is 5. The van der Waals surface area contributed by atoms with Gasteiger partial charge >= 0.3 is 0 Å². The van der Waals surface area contributed by atoms with Crippen LogP contribution in [0.5, 0.6) is 0 Å². The Labute approximate surface area is 141 Å². The maximum Gasteiger partial charge on any atom is 0.277 e. The van der Waals surface area contributed by atoms with Crippen molar-refractivity contribution in [2.75, 3.05) is 5.32 Å². The Bertz CT molecular complexity index is 933. The van der Waals surface area contributed by atoms with Crippen LogP contribution in [0.15, 0.2) is 29.1 Å². The molecule has 0 unspecified atom stereocenters. The molecule has 1 amide bonds. The summed E-state index contributed by atoms with van der Waals surface area (Å²) >= 11 is 1.35. The molecule has 0 bridgehead atoms. The lowest BCUT2D eigenvalue weighted by atomic mass is 10.2. The summed E-state index contributed by atoms with van der Waals surface area (Å²) < 4.78 is 1.20. The van der Waals surface area contributed by atoms with Gasteiger partial charge in [0.2, 0.25) is 11.0 Å². The molecule has 0 atom stereocenters. The van der Waals surface area contributed by atoms with E-state index in [9.17, 15) is 9.59 Å². The highest BCUT2D eigenvalue weighted by atomic mass is 32.1. The van der Waals surface area contributed by atoms with Crippen molar-refractivity contribution in [2.45, 2.75) is 32.7 Å². The molecule has 0 aliphatic rings. The number of fused-ring (bicyclic) bond motifs is 1. The summed E-state index contributed by atoms with van der Waals surface area (Å²) in [5.74, 6) is 0.0166. The van der Waals surface area contributed by atoms with E-state index >= 15 is 0 Å². The van der Waals surface area contributed by atoms with Crippen LogP contribution in [0.2, 0.25) is 0 Å². The minimum atomic E-state index is -0.258. The van der Waals surface area contributed by atoms with Crippen molar-refractivity contribution in [3.05, 3.63) is 39.6 Å². The van der Waals surface area contributed by atoms with Gasteiger partial charge in [-0.25, -0.2) is 4.68 Å². The zero-order valence-electron chi connectivity index (χ0n) is 13.3. The maximum atomic E-state index is 12.3. The van der Waals surface area contributed by atoms with E-state index in [1.54, 1.807) is 24.3 Å². The number of anilines is 1. The third-order valence-corrected chi connectivity index (χ3v) is 4.50. The van der Waals surface area contributed by atoms with E-state index in [-0.39, 0.29) is 30.3 Å². The third-order valence-electron chi connectivity index (χ3n) is 3.36. The van der Waals surface area contributed by atoms with E-state index in [4.69, 9.17) is 0 Å². The van der Waals surface area contributed by atoms with Crippen LogP contribution in [0, 0.1) is 0 Å². The van der Waals surface area contributed by atoms with Gasteiger partial charge in [0.15, 0.2) is 0 Å². The van der Waals surface area contributed by atoms with Crippen molar-refractivity contribution >= 4 is 33.3 Å². The van der Waals surface area contributed by atoms with Crippen LogP contribution < -0.4 is 10.9 Å². The average molecular weight is 344 g/mol. The number of hydrogen-bond donors (Lipinski definition) is 1. The normalized spacial score (nSPS) is 11.1. The molecule has 1 N–H and O–H groups in total. The summed E-state index contributed by atoms with van der Waals surface area (Å²) in [6.07, 6.45) is 0.101. The number of benzene rings is 1. The standard InChI is InChI=1S/C15H16N6O2S/c1-9(2)13-18-19-15(24-13)16-12(22)7-8-21-14(23)10-5-3-4-6-11(10)17-20-21/h3-6,9H,7-8H2,1-2H3,(H,16,19,22). The van der Waals surface area contributed by atoms with Crippen LogP contribution in [0.1, 0.15) is 31.2 Å². The van der Waals surface area contributed by atoms with Crippen LogP contribution in [0.3, 0.4) is 0 Å². The summed E-state index contributed by atoms with van der Waals surface area (Å²) in [6.45, 7) is 4.17. The number of nitrogens with one attached hydrogen (secondary N) is 1. The van der Waals surface area contributed by atoms with Gasteiger partial charge in [-0.15, -0.1) is 15.3 Å². The molecule has 2 aromatic heterocycles. The van der Waals surface area contributed by atoms with E-state index in [1.807, 2.05) is 13.8 Å². The second-order valence-electron chi connectivity index (χ2n) is 5.53. The number of aryl methyl sites for hydroxylation is 1. The number of carbonyl (C=O) groups excluding carboxylic acids is 1. The fourth-order valence-electron chi connectivity index (χ4n) is 2.08. The molecule has 0 fully saturated rings. The molecule has 0 spiro atoms. The van der Waals surface area contributed by atoms with Crippen molar-refractivity contribution in [3.8, 4) is 0 Å². The fraction of sp³-hybridized carbons (Fsp3) is 0.333. The Hall–Kier alpha value is -2.68. The Balaban J connectivity index is 1.66. The molecule has 0 aliphatic carbocycles. The molecule has 0 radical (unpaired) electrons. The first-order valence-corrected chi connectivity index (χ1v) is 8.32. The predicted octanol–water partition coefficient (Wildman–Crippen LogP) is 1.80. The summed E-state index contributed by atoms with van der Waals surface area (Å²) in [7, 11) is 0. The smallest absolute Gasteiger partial charge is 0.277 e. The molecule has 8 nitrogen and oxygen atoms in total. The zero-order valence-corrected chi connectivity index (χ0v) is 14.1. The summed E-state index contributed by atoms with van der Waals surface area (Å²) in [5.41, 5.74) is 0.282. The molecule has 124 valence electrons. The lowest BCUT2D eigenvalue weighted by molar-refractivity contribution is -0.116. The number of aromatic nitrogens is 5. The molecule has 1 aromatic carbocycles. The van der Waals surface area contributed by atoms with Gasteiger partial charge in [-0.05, 0) is 12.1 Å². The molecule has 9 heteroatoms. The van der Waals surface area contributed by atoms with Crippen LogP contribution in [-0.4, -0.2) is 31.1 Å². The van der Waals surface area contributed by atoms with E-state index in [0.29, 0.717) is 16.0 Å². The Morgan fingerprint density at radius 3 is 2.79 bits per heavy atom. The molecule has 24 heavy (non-hydrogen) atoms. The van der Waals surface area contributed by atoms with Gasteiger partial charge in [0.1, 0.15) is 10.5 Å². The van der Waals surface area contributed by atoms with Crippen molar-refractivity contribution in [1.29, 1.82) is 0 Å². The zero-order chi connectivity index (χ0) is 17.1. The maximum absolute atomic E-state index is 12.3. The topological polar surface area (TPSA) is 103 Å². The Kier molecular flexibility index (Phi) is 4.61. The summed E-state index contributed by atoms with van der Waals surface area (Å²) in [6, 6.07) is 6.98. The second-order valence-corrected chi connectivity index (χ2v) is 6.54. The predicted molar refractivity (Wildman–Crippen MR) is 91.0 cm³/mol. The van der Waals surface area contributed by atoms with Crippen LogP contribution in [0.4, 0.5) is 5.13 Å². The quantitative estimate of drug-likeness (QED) is 0.757. The van der Waals surface area contributed by atoms with Crippen molar-refractivity contribution < 1.29 is 4.79 Å². The number of hydrogen-bond acceptors (Lipinski definition) is 7. The Morgan fingerprint density at radius 1 is 1.25 bits per heavy atom. The molecular weight excluding hydrogens is 328 g/mol. The van der Waals surface area contributed by atoms with Crippen molar-refractivity contribution in [1.82, 2.24) is 25.2 Å². The van der Waals surface area contributed by atoms with Gasteiger partial charge in [0, 0.05) is 12.3 Å². The molecule has 3 rings (SSSR count).